The van der Waals surface area contributed by atoms with Crippen LogP contribution in [0.1, 0.15) is 25.3 Å². The van der Waals surface area contributed by atoms with Crippen LogP contribution in [0.5, 0.6) is 5.75 Å². The summed E-state index contributed by atoms with van der Waals surface area (Å²) in [6, 6.07) is 16.7. The van der Waals surface area contributed by atoms with Crippen molar-refractivity contribution in [3.05, 3.63) is 76.7 Å². The maximum atomic E-state index is 13.1. The smallest absolute Gasteiger partial charge is 0.263 e. The van der Waals surface area contributed by atoms with Crippen LogP contribution in [0.15, 0.2) is 65.6 Å². The Balaban J connectivity index is 2.28. The highest BCUT2D eigenvalue weighted by atomic mass is 16.3. The van der Waals surface area contributed by atoms with Crippen LogP contribution in [0.2, 0.25) is 0 Å². The zero-order valence-electron chi connectivity index (χ0n) is 13.6. The molecule has 2 heterocycles. The van der Waals surface area contributed by atoms with Gasteiger partial charge in [-0.1, -0.05) is 49.7 Å². The molecule has 0 bridgehead atoms. The third-order valence-corrected chi connectivity index (χ3v) is 4.01. The van der Waals surface area contributed by atoms with Crippen molar-refractivity contribution in [1.82, 2.24) is 9.55 Å². The van der Waals surface area contributed by atoms with E-state index < -0.39 is 0 Å². The first-order valence-electron chi connectivity index (χ1n) is 8.17. The molecule has 4 nitrogen and oxygen atoms in total. The molecule has 0 aliphatic rings. The van der Waals surface area contributed by atoms with Crippen LogP contribution in [0, 0.1) is 0 Å². The standard InChI is InChI=1S/C20H20N2O2/c1-2-3-11-16-18(23)14-17(15-9-5-4-6-10-15)22(20(16)24)19-12-7-8-13-21-19/h4-10,12-14,23H,2-3,11H2,1H3. The van der Waals surface area contributed by atoms with E-state index in [2.05, 4.69) is 11.9 Å². The monoisotopic (exact) mass is 320 g/mol. The summed E-state index contributed by atoms with van der Waals surface area (Å²) in [5.41, 5.74) is 1.73. The lowest BCUT2D eigenvalue weighted by molar-refractivity contribution is 0.464. The van der Waals surface area contributed by atoms with E-state index in [9.17, 15) is 9.90 Å². The molecule has 3 aromatic rings. The minimum Gasteiger partial charge on any atom is -0.507 e. The number of pyridine rings is 2. The Bertz CT molecular complexity index is 871. The van der Waals surface area contributed by atoms with Gasteiger partial charge in [-0.25, -0.2) is 4.98 Å². The molecule has 0 saturated heterocycles. The van der Waals surface area contributed by atoms with Gasteiger partial charge in [-0.15, -0.1) is 0 Å². The number of aromatic hydroxyl groups is 1. The molecule has 1 N–H and O–H groups in total. The second-order valence-corrected chi connectivity index (χ2v) is 5.69. The molecule has 0 atom stereocenters. The fourth-order valence-electron chi connectivity index (χ4n) is 2.76. The molecule has 0 aliphatic carbocycles. The molecule has 0 saturated carbocycles. The first-order chi connectivity index (χ1) is 11.7. The maximum absolute atomic E-state index is 13.1. The fraction of sp³-hybridized carbons (Fsp3) is 0.200. The van der Waals surface area contributed by atoms with Crippen LogP contribution in [0.4, 0.5) is 0 Å². The molecule has 1 aromatic carbocycles. The third kappa shape index (κ3) is 3.08. The van der Waals surface area contributed by atoms with Crippen molar-refractivity contribution in [2.24, 2.45) is 0 Å². The quantitative estimate of drug-likeness (QED) is 0.774. The highest BCUT2D eigenvalue weighted by Gasteiger charge is 2.17. The van der Waals surface area contributed by atoms with E-state index in [-0.39, 0.29) is 11.3 Å². The van der Waals surface area contributed by atoms with Crippen LogP contribution in [0.25, 0.3) is 17.1 Å². The lowest BCUT2D eigenvalue weighted by Gasteiger charge is -2.15. The van der Waals surface area contributed by atoms with Crippen molar-refractivity contribution in [1.29, 1.82) is 0 Å². The van der Waals surface area contributed by atoms with Gasteiger partial charge in [0.25, 0.3) is 5.56 Å². The summed E-state index contributed by atoms with van der Waals surface area (Å²) < 4.78 is 1.58. The number of unbranched alkanes of at least 4 members (excludes halogenated alkanes) is 1. The zero-order chi connectivity index (χ0) is 16.9. The van der Waals surface area contributed by atoms with Crippen molar-refractivity contribution in [2.45, 2.75) is 26.2 Å². The molecule has 0 unspecified atom stereocenters. The second kappa shape index (κ2) is 7.13. The van der Waals surface area contributed by atoms with Gasteiger partial charge in [0.1, 0.15) is 11.6 Å². The van der Waals surface area contributed by atoms with Gasteiger partial charge in [-0.05, 0) is 30.5 Å². The maximum Gasteiger partial charge on any atom is 0.263 e. The van der Waals surface area contributed by atoms with Gasteiger partial charge >= 0.3 is 0 Å². The minimum absolute atomic E-state index is 0.0551. The average molecular weight is 320 g/mol. The van der Waals surface area contributed by atoms with Crippen LogP contribution >= 0.6 is 0 Å². The molecule has 4 heteroatoms. The Morgan fingerprint density at radius 1 is 1.08 bits per heavy atom. The Labute approximate surface area is 141 Å². The topological polar surface area (TPSA) is 55.1 Å². The first-order valence-corrected chi connectivity index (χ1v) is 8.17. The Morgan fingerprint density at radius 2 is 1.83 bits per heavy atom. The molecular formula is C20H20N2O2. The zero-order valence-corrected chi connectivity index (χ0v) is 13.6. The van der Waals surface area contributed by atoms with Gasteiger partial charge in [0.05, 0.1) is 11.3 Å². The molecule has 0 radical (unpaired) electrons. The van der Waals surface area contributed by atoms with Crippen molar-refractivity contribution in [3.8, 4) is 22.8 Å². The number of benzene rings is 1. The second-order valence-electron chi connectivity index (χ2n) is 5.69. The SMILES string of the molecule is CCCCc1c(O)cc(-c2ccccc2)n(-c2ccccn2)c1=O. The van der Waals surface area contributed by atoms with Crippen LogP contribution in [0.3, 0.4) is 0 Å². The third-order valence-electron chi connectivity index (χ3n) is 4.01. The number of hydrogen-bond donors (Lipinski definition) is 1. The number of rotatable bonds is 5. The predicted octanol–water partition coefficient (Wildman–Crippen LogP) is 3.95. The molecule has 2 aromatic heterocycles. The predicted molar refractivity (Wildman–Crippen MR) is 95.5 cm³/mol. The summed E-state index contributed by atoms with van der Waals surface area (Å²) in [6.07, 6.45) is 4.04. The van der Waals surface area contributed by atoms with Crippen molar-refractivity contribution in [3.63, 3.8) is 0 Å². The van der Waals surface area contributed by atoms with E-state index in [1.54, 1.807) is 22.9 Å². The Hall–Kier alpha value is -2.88. The van der Waals surface area contributed by atoms with Gasteiger partial charge in [0, 0.05) is 12.3 Å². The van der Waals surface area contributed by atoms with Gasteiger partial charge in [0.15, 0.2) is 0 Å². The largest absolute Gasteiger partial charge is 0.507 e. The summed E-state index contributed by atoms with van der Waals surface area (Å²) >= 11 is 0. The molecule has 0 aliphatic heterocycles. The highest BCUT2D eigenvalue weighted by molar-refractivity contribution is 5.64. The molecule has 0 amide bonds. The van der Waals surface area contributed by atoms with Gasteiger partial charge in [-0.2, -0.15) is 0 Å². The molecule has 0 spiro atoms. The molecule has 24 heavy (non-hydrogen) atoms. The molecule has 3 rings (SSSR count). The van der Waals surface area contributed by atoms with E-state index in [1.165, 1.54) is 0 Å². The lowest BCUT2D eigenvalue weighted by Crippen LogP contribution is -2.24. The van der Waals surface area contributed by atoms with Gasteiger partial charge in [-0.3, -0.25) is 9.36 Å². The number of nitrogens with zero attached hydrogens (tertiary/aromatic N) is 2. The van der Waals surface area contributed by atoms with Crippen molar-refractivity contribution < 1.29 is 5.11 Å². The molecule has 0 fully saturated rings. The highest BCUT2D eigenvalue weighted by Crippen LogP contribution is 2.26. The van der Waals surface area contributed by atoms with Crippen LogP contribution in [-0.2, 0) is 6.42 Å². The summed E-state index contributed by atoms with van der Waals surface area (Å²) in [4.78, 5) is 17.4. The molecular weight excluding hydrogens is 300 g/mol. The van der Waals surface area contributed by atoms with Gasteiger partial charge < -0.3 is 5.11 Å². The lowest BCUT2D eigenvalue weighted by atomic mass is 10.1. The van der Waals surface area contributed by atoms with Crippen molar-refractivity contribution in [2.75, 3.05) is 0 Å². The van der Waals surface area contributed by atoms with Crippen LogP contribution in [-0.4, -0.2) is 14.7 Å². The number of hydrogen-bond acceptors (Lipinski definition) is 3. The van der Waals surface area contributed by atoms with E-state index >= 15 is 0 Å². The normalized spacial score (nSPS) is 10.7. The van der Waals surface area contributed by atoms with Crippen molar-refractivity contribution >= 4 is 0 Å². The Morgan fingerprint density at radius 3 is 2.50 bits per heavy atom. The molecule has 122 valence electrons. The summed E-state index contributed by atoms with van der Waals surface area (Å²) in [7, 11) is 0. The van der Waals surface area contributed by atoms with E-state index in [0.717, 1.165) is 18.4 Å². The van der Waals surface area contributed by atoms with Gasteiger partial charge in [0.2, 0.25) is 0 Å². The first kappa shape index (κ1) is 16.0. The number of aromatic nitrogens is 2. The Kier molecular flexibility index (Phi) is 4.75. The van der Waals surface area contributed by atoms with E-state index in [0.29, 0.717) is 23.5 Å². The summed E-state index contributed by atoms with van der Waals surface area (Å²) in [5, 5.41) is 10.4. The average Bonchev–Trinajstić information content (AvgIpc) is 2.62. The summed E-state index contributed by atoms with van der Waals surface area (Å²) in [5.74, 6) is 0.610. The van der Waals surface area contributed by atoms with Crippen LogP contribution < -0.4 is 5.56 Å². The summed E-state index contributed by atoms with van der Waals surface area (Å²) in [6.45, 7) is 2.06. The minimum atomic E-state index is -0.207. The van der Waals surface area contributed by atoms with E-state index in [1.807, 2.05) is 42.5 Å². The fourth-order valence-corrected chi connectivity index (χ4v) is 2.76. The van der Waals surface area contributed by atoms with E-state index in [4.69, 9.17) is 0 Å².